The summed E-state index contributed by atoms with van der Waals surface area (Å²) in [5.74, 6) is -0.783. The van der Waals surface area contributed by atoms with E-state index in [1.165, 1.54) is 12.1 Å². The van der Waals surface area contributed by atoms with E-state index in [2.05, 4.69) is 0 Å². The summed E-state index contributed by atoms with van der Waals surface area (Å²) in [5.41, 5.74) is -2.18. The molecule has 1 heterocycles. The molecule has 8 heteroatoms. The van der Waals surface area contributed by atoms with Gasteiger partial charge in [-0.05, 0) is 36.8 Å². The van der Waals surface area contributed by atoms with E-state index >= 15 is 0 Å². The molecule has 0 spiro atoms. The highest BCUT2D eigenvalue weighted by molar-refractivity contribution is 5.94. The van der Waals surface area contributed by atoms with Crippen molar-refractivity contribution >= 4 is 5.97 Å². The van der Waals surface area contributed by atoms with Crippen molar-refractivity contribution in [1.82, 2.24) is 0 Å². The molecule has 1 unspecified atom stereocenters. The van der Waals surface area contributed by atoms with E-state index in [0.717, 1.165) is 5.56 Å². The largest absolute Gasteiger partial charge is 0.449 e. The summed E-state index contributed by atoms with van der Waals surface area (Å²) in [4.78, 5) is 11.9. The van der Waals surface area contributed by atoms with Crippen molar-refractivity contribution in [2.75, 3.05) is 0 Å². The molecular weight excluding hydrogens is 350 g/mol. The number of hydrogen-bond donors (Lipinski definition) is 0. The Morgan fingerprint density at radius 2 is 1.44 bits per heavy atom. The third-order valence-corrected chi connectivity index (χ3v) is 3.85. The predicted molar refractivity (Wildman–Crippen MR) is 74.9 cm³/mol. The summed E-state index contributed by atoms with van der Waals surface area (Å²) in [6.45, 7) is 1.70. The third-order valence-electron chi connectivity index (χ3n) is 3.85. The zero-order chi connectivity index (χ0) is 18.6. The second-order valence-corrected chi connectivity index (χ2v) is 5.72. The quantitative estimate of drug-likeness (QED) is 0.510. The molecular formula is C17H10F6O2. The summed E-state index contributed by atoms with van der Waals surface area (Å²) in [6.07, 6.45) is -11.2. The highest BCUT2D eigenvalue weighted by Crippen LogP contribution is 2.42. The number of aryl methyl sites for hydroxylation is 1. The van der Waals surface area contributed by atoms with E-state index in [4.69, 9.17) is 4.74 Å². The molecule has 2 aromatic rings. The summed E-state index contributed by atoms with van der Waals surface area (Å²) >= 11 is 0. The normalized spacial score (nSPS) is 17.4. The van der Waals surface area contributed by atoms with Gasteiger partial charge in [0, 0.05) is 5.56 Å². The first kappa shape index (κ1) is 17.3. The van der Waals surface area contributed by atoms with Gasteiger partial charge in [-0.3, -0.25) is 0 Å². The molecule has 0 fully saturated rings. The Morgan fingerprint density at radius 3 is 1.96 bits per heavy atom. The van der Waals surface area contributed by atoms with E-state index < -0.39 is 35.6 Å². The van der Waals surface area contributed by atoms with Crippen LogP contribution in [-0.4, -0.2) is 5.97 Å². The van der Waals surface area contributed by atoms with Crippen LogP contribution in [0.5, 0.6) is 0 Å². The van der Waals surface area contributed by atoms with E-state index in [9.17, 15) is 31.1 Å². The van der Waals surface area contributed by atoms with Crippen molar-refractivity contribution in [2.45, 2.75) is 25.4 Å². The second kappa shape index (κ2) is 5.50. The predicted octanol–water partition coefficient (Wildman–Crippen LogP) is 5.29. The number of halogens is 6. The van der Waals surface area contributed by atoms with Crippen LogP contribution in [0, 0.1) is 6.92 Å². The number of cyclic esters (lactones) is 1. The fraction of sp³-hybridized carbons (Fsp3) is 0.235. The van der Waals surface area contributed by atoms with Crippen molar-refractivity contribution in [3.05, 3.63) is 69.8 Å². The van der Waals surface area contributed by atoms with Crippen LogP contribution in [0.2, 0.25) is 0 Å². The smallest absolute Gasteiger partial charge is 0.416 e. The number of benzene rings is 2. The summed E-state index contributed by atoms with van der Waals surface area (Å²) < 4.78 is 82.9. The summed E-state index contributed by atoms with van der Waals surface area (Å²) in [5, 5.41) is 0. The Bertz CT molecular complexity index is 819. The van der Waals surface area contributed by atoms with Gasteiger partial charge >= 0.3 is 18.3 Å². The minimum absolute atomic E-state index is 0.0380. The Labute approximate surface area is 138 Å². The van der Waals surface area contributed by atoms with E-state index in [-0.39, 0.29) is 22.8 Å². The number of carbonyl (C=O) groups excluding carboxylic acids is 1. The van der Waals surface area contributed by atoms with E-state index in [0.29, 0.717) is 12.1 Å². The lowest BCUT2D eigenvalue weighted by Crippen LogP contribution is -2.13. The minimum Gasteiger partial charge on any atom is -0.449 e. The zero-order valence-electron chi connectivity index (χ0n) is 12.6. The standard InChI is InChI=1S/C17H10F6O2/c1-8-2-3-12-13(4-8)15(24)25-14(12)9-5-10(16(18,19)20)7-11(6-9)17(21,22)23/h2-7,14H,1H3. The molecule has 0 N–H and O–H groups in total. The van der Waals surface area contributed by atoms with Gasteiger partial charge in [0.25, 0.3) is 0 Å². The molecule has 2 aromatic carbocycles. The lowest BCUT2D eigenvalue weighted by molar-refractivity contribution is -0.143. The number of rotatable bonds is 1. The van der Waals surface area contributed by atoms with Crippen LogP contribution in [0.4, 0.5) is 26.3 Å². The Kier molecular flexibility index (Phi) is 3.81. The number of esters is 1. The van der Waals surface area contributed by atoms with Crippen LogP contribution in [0.25, 0.3) is 0 Å². The van der Waals surface area contributed by atoms with Gasteiger partial charge in [0.1, 0.15) is 0 Å². The van der Waals surface area contributed by atoms with Crippen molar-refractivity contribution in [1.29, 1.82) is 0 Å². The molecule has 132 valence electrons. The maximum absolute atomic E-state index is 13.0. The molecule has 0 saturated carbocycles. The first-order valence-electron chi connectivity index (χ1n) is 7.08. The van der Waals surface area contributed by atoms with Gasteiger partial charge in [0.05, 0.1) is 16.7 Å². The number of fused-ring (bicyclic) bond motifs is 1. The van der Waals surface area contributed by atoms with Crippen molar-refractivity contribution in [2.24, 2.45) is 0 Å². The average Bonchev–Trinajstić information content (AvgIpc) is 2.82. The molecule has 0 amide bonds. The van der Waals surface area contributed by atoms with Crippen LogP contribution in [0.1, 0.15) is 44.3 Å². The summed E-state index contributed by atoms with van der Waals surface area (Å²) in [6, 6.07) is 5.73. The molecule has 0 saturated heterocycles. The maximum atomic E-state index is 13.0. The molecule has 1 atom stereocenters. The van der Waals surface area contributed by atoms with Gasteiger partial charge in [0.2, 0.25) is 0 Å². The molecule has 0 radical (unpaired) electrons. The van der Waals surface area contributed by atoms with Crippen molar-refractivity contribution < 1.29 is 35.9 Å². The van der Waals surface area contributed by atoms with Gasteiger partial charge in [0.15, 0.2) is 6.10 Å². The number of alkyl halides is 6. The highest BCUT2D eigenvalue weighted by Gasteiger charge is 2.40. The molecule has 25 heavy (non-hydrogen) atoms. The lowest BCUT2D eigenvalue weighted by Gasteiger charge is -2.17. The Morgan fingerprint density at radius 1 is 0.880 bits per heavy atom. The minimum atomic E-state index is -4.96. The van der Waals surface area contributed by atoms with Gasteiger partial charge in [-0.25, -0.2) is 4.79 Å². The maximum Gasteiger partial charge on any atom is 0.416 e. The summed E-state index contributed by atoms with van der Waals surface area (Å²) in [7, 11) is 0. The fourth-order valence-electron chi connectivity index (χ4n) is 2.69. The van der Waals surface area contributed by atoms with E-state index in [1.807, 2.05) is 0 Å². The molecule has 0 aliphatic carbocycles. The van der Waals surface area contributed by atoms with Gasteiger partial charge in [-0.1, -0.05) is 17.7 Å². The molecule has 0 bridgehead atoms. The number of ether oxygens (including phenoxy) is 1. The van der Waals surface area contributed by atoms with Crippen LogP contribution in [-0.2, 0) is 17.1 Å². The SMILES string of the molecule is Cc1ccc2c(c1)C(=O)OC2c1cc(C(F)(F)F)cc(C(F)(F)F)c1. The molecule has 0 aromatic heterocycles. The zero-order valence-corrected chi connectivity index (χ0v) is 12.6. The van der Waals surface area contributed by atoms with Crippen molar-refractivity contribution in [3.63, 3.8) is 0 Å². The molecule has 1 aliphatic rings. The number of hydrogen-bond acceptors (Lipinski definition) is 2. The molecule has 3 rings (SSSR count). The van der Waals surface area contributed by atoms with Crippen molar-refractivity contribution in [3.8, 4) is 0 Å². The first-order chi connectivity index (χ1) is 11.5. The van der Waals surface area contributed by atoms with Gasteiger partial charge in [-0.2, -0.15) is 26.3 Å². The lowest BCUT2D eigenvalue weighted by atomic mass is 9.95. The monoisotopic (exact) mass is 360 g/mol. The molecule has 1 aliphatic heterocycles. The number of carbonyl (C=O) groups is 1. The first-order valence-corrected chi connectivity index (χ1v) is 7.08. The Balaban J connectivity index is 2.17. The molecule has 2 nitrogen and oxygen atoms in total. The van der Waals surface area contributed by atoms with Crippen LogP contribution < -0.4 is 0 Å². The average molecular weight is 360 g/mol. The topological polar surface area (TPSA) is 26.3 Å². The Hall–Kier alpha value is -2.51. The van der Waals surface area contributed by atoms with Crippen LogP contribution in [0.15, 0.2) is 36.4 Å². The van der Waals surface area contributed by atoms with Gasteiger partial charge < -0.3 is 4.74 Å². The fourth-order valence-corrected chi connectivity index (χ4v) is 2.69. The van der Waals surface area contributed by atoms with Gasteiger partial charge in [-0.15, -0.1) is 0 Å². The van der Waals surface area contributed by atoms with Crippen LogP contribution >= 0.6 is 0 Å². The highest BCUT2D eigenvalue weighted by atomic mass is 19.4. The van der Waals surface area contributed by atoms with Crippen LogP contribution in [0.3, 0.4) is 0 Å². The van der Waals surface area contributed by atoms with E-state index in [1.54, 1.807) is 13.0 Å². The second-order valence-electron chi connectivity index (χ2n) is 5.72. The third kappa shape index (κ3) is 3.20.